The summed E-state index contributed by atoms with van der Waals surface area (Å²) in [5.41, 5.74) is 0.405. The van der Waals surface area contributed by atoms with Crippen molar-refractivity contribution >= 4 is 40.2 Å². The molecule has 0 saturated heterocycles. The second-order valence-electron chi connectivity index (χ2n) is 5.44. The largest absolute Gasteiger partial charge is 0.385 e. The highest BCUT2D eigenvalue weighted by Gasteiger charge is 2.14. The van der Waals surface area contributed by atoms with Crippen molar-refractivity contribution in [3.63, 3.8) is 0 Å². The average molecular weight is 370 g/mol. The summed E-state index contributed by atoms with van der Waals surface area (Å²) >= 11 is 7.25. The first-order valence-electron chi connectivity index (χ1n) is 7.46. The fraction of sp³-hybridized carbons (Fsp3) is 0.438. The standard InChI is InChI=1S/C16H20ClN3O3S/c1-19(2)14(21)10-24-16-18-13-9-11(17)5-6-12(13)15(22)20(16)7-4-8-23-3/h5-6,9H,4,7-8,10H2,1-3H3. The Morgan fingerprint density at radius 3 is 2.83 bits per heavy atom. The van der Waals surface area contributed by atoms with Gasteiger partial charge in [-0.05, 0) is 24.6 Å². The van der Waals surface area contributed by atoms with Crippen molar-refractivity contribution in [2.24, 2.45) is 0 Å². The zero-order chi connectivity index (χ0) is 17.7. The summed E-state index contributed by atoms with van der Waals surface area (Å²) in [5.74, 6) is 0.180. The van der Waals surface area contributed by atoms with Crippen LogP contribution in [0, 0.1) is 0 Å². The molecule has 1 aromatic carbocycles. The summed E-state index contributed by atoms with van der Waals surface area (Å²) in [4.78, 5) is 30.7. The van der Waals surface area contributed by atoms with Crippen molar-refractivity contribution < 1.29 is 9.53 Å². The van der Waals surface area contributed by atoms with Crippen LogP contribution in [0.5, 0.6) is 0 Å². The lowest BCUT2D eigenvalue weighted by atomic mass is 10.2. The van der Waals surface area contributed by atoms with Gasteiger partial charge in [-0.25, -0.2) is 4.98 Å². The zero-order valence-electron chi connectivity index (χ0n) is 13.9. The number of benzene rings is 1. The molecule has 8 heteroatoms. The van der Waals surface area contributed by atoms with E-state index in [0.29, 0.717) is 40.7 Å². The van der Waals surface area contributed by atoms with Gasteiger partial charge in [0.15, 0.2) is 5.16 Å². The highest BCUT2D eigenvalue weighted by molar-refractivity contribution is 7.99. The normalized spacial score (nSPS) is 11.0. The lowest BCUT2D eigenvalue weighted by Crippen LogP contribution is -2.26. The number of nitrogens with zero attached hydrogens (tertiary/aromatic N) is 3. The van der Waals surface area contributed by atoms with E-state index < -0.39 is 0 Å². The van der Waals surface area contributed by atoms with E-state index >= 15 is 0 Å². The van der Waals surface area contributed by atoms with Crippen LogP contribution >= 0.6 is 23.4 Å². The molecule has 24 heavy (non-hydrogen) atoms. The van der Waals surface area contributed by atoms with Gasteiger partial charge in [-0.1, -0.05) is 23.4 Å². The van der Waals surface area contributed by atoms with Gasteiger partial charge >= 0.3 is 0 Å². The van der Waals surface area contributed by atoms with Gasteiger partial charge in [0.2, 0.25) is 5.91 Å². The first-order valence-corrected chi connectivity index (χ1v) is 8.82. The molecule has 1 aromatic heterocycles. The second kappa shape index (κ2) is 8.50. The van der Waals surface area contributed by atoms with Crippen molar-refractivity contribution in [1.29, 1.82) is 0 Å². The highest BCUT2D eigenvalue weighted by Crippen LogP contribution is 2.21. The number of amides is 1. The number of aromatic nitrogens is 2. The molecule has 0 fully saturated rings. The van der Waals surface area contributed by atoms with E-state index in [4.69, 9.17) is 16.3 Å². The summed E-state index contributed by atoms with van der Waals surface area (Å²) in [7, 11) is 5.01. The molecule has 0 bridgehead atoms. The Bertz CT molecular complexity index is 792. The molecule has 0 aliphatic heterocycles. The third-order valence-corrected chi connectivity index (χ3v) is 4.63. The van der Waals surface area contributed by atoms with E-state index in [1.54, 1.807) is 44.0 Å². The van der Waals surface area contributed by atoms with Crippen LogP contribution in [-0.4, -0.2) is 53.9 Å². The van der Waals surface area contributed by atoms with Crippen molar-refractivity contribution in [3.8, 4) is 0 Å². The molecule has 0 saturated carbocycles. The van der Waals surface area contributed by atoms with Gasteiger partial charge in [0.1, 0.15) is 0 Å². The van der Waals surface area contributed by atoms with Gasteiger partial charge in [0.05, 0.1) is 16.7 Å². The molecule has 0 aliphatic rings. The molecule has 2 rings (SSSR count). The van der Waals surface area contributed by atoms with Crippen molar-refractivity contribution in [3.05, 3.63) is 33.6 Å². The Kier molecular flexibility index (Phi) is 6.65. The molecule has 0 spiro atoms. The minimum absolute atomic E-state index is 0.0381. The second-order valence-corrected chi connectivity index (χ2v) is 6.81. The Labute approximate surface area is 149 Å². The van der Waals surface area contributed by atoms with Crippen LogP contribution in [0.25, 0.3) is 10.9 Å². The Balaban J connectivity index is 2.42. The van der Waals surface area contributed by atoms with Crippen molar-refractivity contribution in [2.75, 3.05) is 33.6 Å². The maximum atomic E-state index is 12.8. The number of hydrogen-bond donors (Lipinski definition) is 0. The van der Waals surface area contributed by atoms with Crippen molar-refractivity contribution in [2.45, 2.75) is 18.1 Å². The van der Waals surface area contributed by atoms with Gasteiger partial charge in [-0.15, -0.1) is 0 Å². The predicted molar refractivity (Wildman–Crippen MR) is 96.9 cm³/mol. The lowest BCUT2D eigenvalue weighted by molar-refractivity contribution is -0.125. The number of fused-ring (bicyclic) bond motifs is 1. The third-order valence-electron chi connectivity index (χ3n) is 3.44. The van der Waals surface area contributed by atoms with E-state index in [0.717, 1.165) is 0 Å². The summed E-state index contributed by atoms with van der Waals surface area (Å²) in [6.45, 7) is 1.03. The smallest absolute Gasteiger partial charge is 0.262 e. The number of carbonyl (C=O) groups is 1. The number of halogens is 1. The Morgan fingerprint density at radius 2 is 2.17 bits per heavy atom. The predicted octanol–water partition coefficient (Wildman–Crippen LogP) is 2.27. The van der Waals surface area contributed by atoms with Gasteiger partial charge in [-0.2, -0.15) is 0 Å². The molecular weight excluding hydrogens is 350 g/mol. The fourth-order valence-electron chi connectivity index (χ4n) is 2.10. The van der Waals surface area contributed by atoms with Gasteiger partial charge in [0.25, 0.3) is 5.56 Å². The molecule has 6 nitrogen and oxygen atoms in total. The number of hydrogen-bond acceptors (Lipinski definition) is 5. The molecule has 1 amide bonds. The molecule has 130 valence electrons. The van der Waals surface area contributed by atoms with Crippen molar-refractivity contribution in [1.82, 2.24) is 14.5 Å². The van der Waals surface area contributed by atoms with Crippen LogP contribution in [0.4, 0.5) is 0 Å². The highest BCUT2D eigenvalue weighted by atomic mass is 35.5. The SMILES string of the molecule is COCCCn1c(SCC(=O)N(C)C)nc2cc(Cl)ccc2c1=O. The van der Waals surface area contributed by atoms with Crippen LogP contribution in [0.2, 0.25) is 5.02 Å². The molecule has 0 N–H and O–H groups in total. The van der Waals surface area contributed by atoms with E-state index in [1.165, 1.54) is 16.7 Å². The molecule has 0 unspecified atom stereocenters. The topological polar surface area (TPSA) is 64.4 Å². The maximum absolute atomic E-state index is 12.8. The fourth-order valence-corrected chi connectivity index (χ4v) is 3.27. The van der Waals surface area contributed by atoms with E-state index in [-0.39, 0.29) is 17.2 Å². The first kappa shape index (κ1) is 18.8. The Hall–Kier alpha value is -1.57. The van der Waals surface area contributed by atoms with Crippen LogP contribution in [0.3, 0.4) is 0 Å². The van der Waals surface area contributed by atoms with Crippen LogP contribution in [-0.2, 0) is 16.1 Å². The van der Waals surface area contributed by atoms with Crippen LogP contribution < -0.4 is 5.56 Å². The Morgan fingerprint density at radius 1 is 1.42 bits per heavy atom. The molecule has 0 atom stereocenters. The monoisotopic (exact) mass is 369 g/mol. The van der Waals surface area contributed by atoms with Gasteiger partial charge < -0.3 is 9.64 Å². The number of ether oxygens (including phenoxy) is 1. The zero-order valence-corrected chi connectivity index (χ0v) is 15.5. The van der Waals surface area contributed by atoms with Gasteiger partial charge in [-0.3, -0.25) is 14.2 Å². The maximum Gasteiger partial charge on any atom is 0.262 e. The van der Waals surface area contributed by atoms with E-state index in [2.05, 4.69) is 4.98 Å². The molecular formula is C16H20ClN3O3S. The first-order chi connectivity index (χ1) is 11.4. The van der Waals surface area contributed by atoms with Crippen LogP contribution in [0.15, 0.2) is 28.2 Å². The summed E-state index contributed by atoms with van der Waals surface area (Å²) in [6.07, 6.45) is 0.687. The van der Waals surface area contributed by atoms with E-state index in [9.17, 15) is 9.59 Å². The third kappa shape index (κ3) is 4.49. The molecule has 1 heterocycles. The molecule has 0 radical (unpaired) electrons. The number of rotatable bonds is 7. The quantitative estimate of drug-likeness (QED) is 0.425. The van der Waals surface area contributed by atoms with Crippen LogP contribution in [0.1, 0.15) is 6.42 Å². The summed E-state index contributed by atoms with van der Waals surface area (Å²) < 4.78 is 6.66. The molecule has 2 aromatic rings. The minimum atomic E-state index is -0.132. The average Bonchev–Trinajstić information content (AvgIpc) is 2.54. The van der Waals surface area contributed by atoms with E-state index in [1.807, 2.05) is 0 Å². The summed E-state index contributed by atoms with van der Waals surface area (Å²) in [5, 5.41) is 1.55. The summed E-state index contributed by atoms with van der Waals surface area (Å²) in [6, 6.07) is 5.02. The lowest BCUT2D eigenvalue weighted by Gasteiger charge is -2.14. The number of methoxy groups -OCH3 is 1. The number of carbonyl (C=O) groups excluding carboxylic acids is 1. The minimum Gasteiger partial charge on any atom is -0.385 e. The van der Waals surface area contributed by atoms with Gasteiger partial charge in [0, 0.05) is 39.4 Å². The molecule has 0 aliphatic carbocycles. The number of thioether (sulfide) groups is 1.